The molecule has 0 aromatic carbocycles. The summed E-state index contributed by atoms with van der Waals surface area (Å²) in [6, 6.07) is 0.830. The lowest BCUT2D eigenvalue weighted by Crippen LogP contribution is -2.45. The number of carbonyl (C=O) groups excluding carboxylic acids is 2. The lowest BCUT2D eigenvalue weighted by atomic mass is 10.1. The van der Waals surface area contributed by atoms with Gasteiger partial charge in [0.1, 0.15) is 6.04 Å². The molecule has 2 heterocycles. The van der Waals surface area contributed by atoms with Gasteiger partial charge >= 0.3 is 0 Å². The lowest BCUT2D eigenvalue weighted by Gasteiger charge is -2.21. The highest BCUT2D eigenvalue weighted by Gasteiger charge is 2.39. The van der Waals surface area contributed by atoms with Crippen molar-refractivity contribution in [3.8, 4) is 5.75 Å². The van der Waals surface area contributed by atoms with E-state index < -0.39 is 23.8 Å². The van der Waals surface area contributed by atoms with E-state index in [1.807, 2.05) is 0 Å². The van der Waals surface area contributed by atoms with Gasteiger partial charge in [-0.1, -0.05) is 12.8 Å². The van der Waals surface area contributed by atoms with Crippen LogP contribution in [0.3, 0.4) is 0 Å². The minimum atomic E-state index is -2.73. The number of ether oxygens (including phenoxy) is 1. The average Bonchev–Trinajstić information content (AvgIpc) is 3.59. The van der Waals surface area contributed by atoms with Crippen molar-refractivity contribution < 1.29 is 23.1 Å². The highest BCUT2D eigenvalue weighted by atomic mass is 19.3. The highest BCUT2D eigenvalue weighted by Crippen LogP contribution is 2.35. The molecule has 3 fully saturated rings. The zero-order chi connectivity index (χ0) is 20.6. The second kappa shape index (κ2) is 7.76. The van der Waals surface area contributed by atoms with Gasteiger partial charge in [0.15, 0.2) is 11.4 Å². The number of hydrogen-bond donors (Lipinski definition) is 2. The predicted molar refractivity (Wildman–Crippen MR) is 102 cm³/mol. The first kappa shape index (κ1) is 19.8. The molecule has 2 amide bonds. The average molecular weight is 408 g/mol. The van der Waals surface area contributed by atoms with Crippen LogP contribution in [0.1, 0.15) is 49.0 Å². The van der Waals surface area contributed by atoms with Crippen molar-refractivity contribution in [3.05, 3.63) is 18.0 Å². The molecule has 0 unspecified atom stereocenters. The van der Waals surface area contributed by atoms with Gasteiger partial charge in [0.2, 0.25) is 5.91 Å². The van der Waals surface area contributed by atoms with Crippen LogP contribution in [0.4, 0.5) is 14.5 Å². The Morgan fingerprint density at radius 2 is 2.03 bits per heavy atom. The summed E-state index contributed by atoms with van der Waals surface area (Å²) >= 11 is 0. The van der Waals surface area contributed by atoms with Crippen molar-refractivity contribution in [2.24, 2.45) is 17.6 Å². The third kappa shape index (κ3) is 5.13. The van der Waals surface area contributed by atoms with Gasteiger partial charge in [0.05, 0.1) is 25.0 Å². The summed E-state index contributed by atoms with van der Waals surface area (Å²) in [4.78, 5) is 30.2. The number of pyridine rings is 1. The number of nitrogens with two attached hydrogens (primary N) is 1. The van der Waals surface area contributed by atoms with Gasteiger partial charge in [-0.3, -0.25) is 9.59 Å². The van der Waals surface area contributed by atoms with Crippen LogP contribution >= 0.6 is 0 Å². The molecule has 4 rings (SSSR count). The summed E-state index contributed by atoms with van der Waals surface area (Å²) in [6.07, 6.45) is 5.90. The van der Waals surface area contributed by atoms with Gasteiger partial charge in [-0.05, 0) is 31.1 Å². The Kier molecular flexibility index (Phi) is 5.31. The second-order valence-electron chi connectivity index (χ2n) is 8.43. The number of nitrogens with zero attached hydrogens (tertiary/aromatic N) is 2. The number of primary amides is 1. The number of halogens is 2. The van der Waals surface area contributed by atoms with Crippen LogP contribution in [-0.2, 0) is 4.79 Å². The summed E-state index contributed by atoms with van der Waals surface area (Å²) in [5, 5.41) is 2.66. The van der Waals surface area contributed by atoms with Crippen LogP contribution in [0.25, 0.3) is 0 Å². The van der Waals surface area contributed by atoms with E-state index >= 15 is 0 Å². The number of anilines is 1. The molecule has 3 N–H and O–H groups in total. The number of amides is 2. The first-order chi connectivity index (χ1) is 13.8. The number of hydrogen-bond acceptors (Lipinski definition) is 5. The number of nitrogens with one attached hydrogen (secondary N) is 1. The van der Waals surface area contributed by atoms with Crippen molar-refractivity contribution in [1.29, 1.82) is 0 Å². The Hall–Kier alpha value is -2.45. The molecule has 3 aliphatic rings. The summed E-state index contributed by atoms with van der Waals surface area (Å²) in [6.45, 7) is 0.281. The van der Waals surface area contributed by atoms with Crippen molar-refractivity contribution in [1.82, 2.24) is 10.3 Å². The number of alkyl halides is 2. The van der Waals surface area contributed by atoms with Gasteiger partial charge in [-0.25, -0.2) is 13.8 Å². The molecule has 2 saturated carbocycles. The SMILES string of the molecule is NC(=O)[C@H](CC1CC1)NC(=O)c1ncc(N2CCC(F)(F)C2)cc1OCC1CC1. The van der Waals surface area contributed by atoms with Gasteiger partial charge < -0.3 is 20.7 Å². The molecule has 1 aromatic heterocycles. The van der Waals surface area contributed by atoms with E-state index in [4.69, 9.17) is 10.5 Å². The van der Waals surface area contributed by atoms with Gasteiger partial charge in [-0.15, -0.1) is 0 Å². The van der Waals surface area contributed by atoms with Gasteiger partial charge in [0.25, 0.3) is 11.8 Å². The normalized spacial score (nSPS) is 21.7. The fourth-order valence-electron chi connectivity index (χ4n) is 3.50. The van der Waals surface area contributed by atoms with E-state index in [2.05, 4.69) is 10.3 Å². The first-order valence-electron chi connectivity index (χ1n) is 10.2. The number of carbonyl (C=O) groups is 2. The predicted octanol–water partition coefficient (Wildman–Crippen LogP) is 2.10. The topological polar surface area (TPSA) is 97.5 Å². The van der Waals surface area contributed by atoms with Crippen LogP contribution < -0.4 is 20.7 Å². The van der Waals surface area contributed by atoms with E-state index in [1.54, 1.807) is 6.07 Å². The van der Waals surface area contributed by atoms with Gasteiger partial charge in [0, 0.05) is 19.0 Å². The number of rotatable bonds is 9. The molecule has 1 aliphatic heterocycles. The Bertz CT molecular complexity index is 796. The van der Waals surface area contributed by atoms with E-state index in [1.165, 1.54) is 11.1 Å². The summed E-state index contributed by atoms with van der Waals surface area (Å²) in [5.41, 5.74) is 5.97. The standard InChI is InChI=1S/C20H26F2N4O3/c21-20(22)5-6-26(11-20)14-8-16(29-10-13-3-4-13)17(24-9-14)19(28)25-15(18(23)27)7-12-1-2-12/h8-9,12-13,15H,1-7,10-11H2,(H2,23,27)(H,25,28)/t15-/m0/s1. The zero-order valence-electron chi connectivity index (χ0n) is 16.2. The minimum Gasteiger partial charge on any atom is -0.491 e. The fraction of sp³-hybridized carbons (Fsp3) is 0.650. The molecule has 158 valence electrons. The minimum absolute atomic E-state index is 0.0439. The summed E-state index contributed by atoms with van der Waals surface area (Å²) < 4.78 is 33.0. The number of aromatic nitrogens is 1. The molecule has 2 aliphatic carbocycles. The van der Waals surface area contributed by atoms with E-state index in [-0.39, 0.29) is 31.0 Å². The maximum atomic E-state index is 13.6. The van der Waals surface area contributed by atoms with Crippen LogP contribution in [0.5, 0.6) is 5.75 Å². The van der Waals surface area contributed by atoms with Crippen LogP contribution in [0, 0.1) is 11.8 Å². The second-order valence-corrected chi connectivity index (χ2v) is 8.43. The van der Waals surface area contributed by atoms with Crippen LogP contribution in [-0.4, -0.2) is 48.5 Å². The Balaban J connectivity index is 1.52. The molecule has 1 atom stereocenters. The van der Waals surface area contributed by atoms with Gasteiger partial charge in [-0.2, -0.15) is 0 Å². The maximum Gasteiger partial charge on any atom is 0.274 e. The fourth-order valence-corrected chi connectivity index (χ4v) is 3.50. The van der Waals surface area contributed by atoms with E-state index in [0.29, 0.717) is 30.6 Å². The Labute approximate surface area is 168 Å². The molecule has 7 nitrogen and oxygen atoms in total. The molecule has 1 saturated heterocycles. The third-order valence-corrected chi connectivity index (χ3v) is 5.67. The van der Waals surface area contributed by atoms with Crippen molar-refractivity contribution in [2.45, 2.75) is 50.5 Å². The van der Waals surface area contributed by atoms with Crippen molar-refractivity contribution in [3.63, 3.8) is 0 Å². The molecule has 0 bridgehead atoms. The molecule has 0 radical (unpaired) electrons. The Morgan fingerprint density at radius 3 is 2.62 bits per heavy atom. The molecule has 9 heteroatoms. The van der Waals surface area contributed by atoms with Crippen molar-refractivity contribution >= 4 is 17.5 Å². The third-order valence-electron chi connectivity index (χ3n) is 5.67. The maximum absolute atomic E-state index is 13.6. The Morgan fingerprint density at radius 1 is 1.31 bits per heavy atom. The van der Waals surface area contributed by atoms with E-state index in [9.17, 15) is 18.4 Å². The largest absolute Gasteiger partial charge is 0.491 e. The molecule has 0 spiro atoms. The molecule has 1 aromatic rings. The lowest BCUT2D eigenvalue weighted by molar-refractivity contribution is -0.120. The van der Waals surface area contributed by atoms with E-state index in [0.717, 1.165) is 25.7 Å². The smallest absolute Gasteiger partial charge is 0.274 e. The highest BCUT2D eigenvalue weighted by molar-refractivity contribution is 5.98. The van der Waals surface area contributed by atoms with Crippen LogP contribution in [0.2, 0.25) is 0 Å². The van der Waals surface area contributed by atoms with Crippen molar-refractivity contribution in [2.75, 3.05) is 24.6 Å². The first-order valence-corrected chi connectivity index (χ1v) is 10.2. The quantitative estimate of drug-likeness (QED) is 0.652. The summed E-state index contributed by atoms with van der Waals surface area (Å²) in [7, 11) is 0. The van der Waals surface area contributed by atoms with Crippen LogP contribution in [0.15, 0.2) is 12.3 Å². The monoisotopic (exact) mass is 408 g/mol. The molecular weight excluding hydrogens is 382 g/mol. The summed E-state index contributed by atoms with van der Waals surface area (Å²) in [5.74, 6) is -2.76. The zero-order valence-corrected chi connectivity index (χ0v) is 16.2. The molecular formula is C20H26F2N4O3. The molecule has 29 heavy (non-hydrogen) atoms.